The first-order valence-corrected chi connectivity index (χ1v) is 13.5. The van der Waals surface area contributed by atoms with Crippen molar-refractivity contribution in [2.75, 3.05) is 13.7 Å². The molecular weight excluding hydrogens is 558 g/mol. The summed E-state index contributed by atoms with van der Waals surface area (Å²) >= 11 is 0. The molecule has 1 aromatic carbocycles. The highest BCUT2D eigenvalue weighted by Crippen LogP contribution is 2.33. The zero-order valence-corrected chi connectivity index (χ0v) is 24.4. The van der Waals surface area contributed by atoms with Gasteiger partial charge in [0.2, 0.25) is 5.91 Å². The molecule has 0 bridgehead atoms. The number of hydrogen-bond donors (Lipinski definition) is 2. The van der Waals surface area contributed by atoms with E-state index in [-0.39, 0.29) is 6.61 Å². The predicted molar refractivity (Wildman–Crippen MR) is 141 cm³/mol. The van der Waals surface area contributed by atoms with E-state index in [1.165, 1.54) is 21.0 Å². The molecule has 42 heavy (non-hydrogen) atoms. The third-order valence-corrected chi connectivity index (χ3v) is 6.63. The number of rotatable bonds is 11. The number of ether oxygens (including phenoxy) is 8. The molecule has 2 fully saturated rings. The van der Waals surface area contributed by atoms with Crippen LogP contribution in [0, 0.1) is 0 Å². The fourth-order valence-corrected chi connectivity index (χ4v) is 4.89. The molecule has 10 unspecified atom stereocenters. The van der Waals surface area contributed by atoms with Crippen LogP contribution in [0.3, 0.4) is 0 Å². The molecule has 2 aliphatic heterocycles. The first kappa shape index (κ1) is 33.4. The van der Waals surface area contributed by atoms with Gasteiger partial charge in [0.25, 0.3) is 0 Å². The number of hydrogen-bond acceptors (Lipinski definition) is 13. The van der Waals surface area contributed by atoms with E-state index in [0.717, 1.165) is 19.4 Å². The first-order chi connectivity index (χ1) is 19.9. The van der Waals surface area contributed by atoms with Gasteiger partial charge in [-0.1, -0.05) is 30.3 Å². The van der Waals surface area contributed by atoms with Crippen LogP contribution in [0.25, 0.3) is 0 Å². The molecule has 2 saturated heterocycles. The van der Waals surface area contributed by atoms with Gasteiger partial charge in [-0.25, -0.2) is 0 Å². The molecule has 0 radical (unpaired) electrons. The molecule has 3 rings (SSSR count). The number of methoxy groups -OCH3 is 1. The van der Waals surface area contributed by atoms with Crippen LogP contribution in [0.5, 0.6) is 0 Å². The molecule has 2 heterocycles. The molecule has 0 saturated carbocycles. The van der Waals surface area contributed by atoms with Crippen molar-refractivity contribution in [2.24, 2.45) is 0 Å². The first-order valence-electron chi connectivity index (χ1n) is 13.5. The zero-order valence-electron chi connectivity index (χ0n) is 24.4. The summed E-state index contributed by atoms with van der Waals surface area (Å²) in [5.74, 6) is -2.68. The Bertz CT molecular complexity index is 1070. The highest BCUT2D eigenvalue weighted by atomic mass is 16.8. The Balaban J connectivity index is 1.93. The molecule has 0 aliphatic carbocycles. The fraction of sp³-hybridized carbons (Fsp3) is 0.643. The lowest BCUT2D eigenvalue weighted by Gasteiger charge is -2.48. The van der Waals surface area contributed by atoms with E-state index in [4.69, 9.17) is 37.9 Å². The highest BCUT2D eigenvalue weighted by molar-refractivity contribution is 5.73. The number of nitrogens with one attached hydrogen (secondary N) is 1. The van der Waals surface area contributed by atoms with Crippen LogP contribution in [0.4, 0.5) is 0 Å². The number of carbonyl (C=O) groups is 4. The highest BCUT2D eigenvalue weighted by Gasteiger charge is 2.54. The monoisotopic (exact) mass is 597 g/mol. The molecule has 2 aliphatic rings. The van der Waals surface area contributed by atoms with E-state index in [0.29, 0.717) is 0 Å². The van der Waals surface area contributed by atoms with Crippen LogP contribution in [0.15, 0.2) is 30.3 Å². The van der Waals surface area contributed by atoms with Crippen LogP contribution in [-0.2, 0) is 63.7 Å². The average molecular weight is 598 g/mol. The van der Waals surface area contributed by atoms with Gasteiger partial charge in [-0.05, 0) is 12.5 Å². The maximum absolute atomic E-state index is 12.2. The molecular formula is C28H39NO13. The predicted octanol–water partition coefficient (Wildman–Crippen LogP) is 0.365. The Morgan fingerprint density at radius 3 is 2.07 bits per heavy atom. The summed E-state index contributed by atoms with van der Waals surface area (Å²) in [6.07, 6.45) is -10.4. The molecule has 0 spiro atoms. The third kappa shape index (κ3) is 8.93. The summed E-state index contributed by atoms with van der Waals surface area (Å²) in [6, 6.07) is 8.10. The van der Waals surface area contributed by atoms with Gasteiger partial charge >= 0.3 is 17.9 Å². The van der Waals surface area contributed by atoms with Crippen LogP contribution in [-0.4, -0.2) is 104 Å². The lowest BCUT2D eigenvalue weighted by molar-refractivity contribution is -0.352. The number of benzene rings is 1. The number of amides is 1. The van der Waals surface area contributed by atoms with Crippen molar-refractivity contribution in [1.29, 1.82) is 0 Å². The van der Waals surface area contributed by atoms with E-state index >= 15 is 0 Å². The second kappa shape index (κ2) is 15.4. The minimum Gasteiger partial charge on any atom is -0.463 e. The fourth-order valence-electron chi connectivity index (χ4n) is 4.89. The normalized spacial score (nSPS) is 32.8. The Hall–Kier alpha value is -3.14. The molecule has 234 valence electrons. The van der Waals surface area contributed by atoms with E-state index in [2.05, 4.69) is 5.32 Å². The van der Waals surface area contributed by atoms with E-state index < -0.39 is 91.8 Å². The standard InChI is InChI=1S/C28H39NO13/c1-14-23(37-12-19-10-8-7-9-11-19)22(34)26(28(35-6)38-14)42-27-21(29-15(2)30)25(40-18(5)33)24(39-17(4)32)20(41-27)13-36-16(3)31/h7-11,14,20-28,34H,12-13H2,1-6H3,(H,29,30). The van der Waals surface area contributed by atoms with Crippen molar-refractivity contribution >= 4 is 23.8 Å². The van der Waals surface area contributed by atoms with Gasteiger partial charge in [0.1, 0.15) is 37.1 Å². The Kier molecular flexibility index (Phi) is 12.2. The lowest BCUT2D eigenvalue weighted by atomic mass is 9.95. The van der Waals surface area contributed by atoms with Crippen LogP contribution in [0.2, 0.25) is 0 Å². The van der Waals surface area contributed by atoms with Crippen LogP contribution < -0.4 is 5.32 Å². The Morgan fingerprint density at radius 1 is 0.857 bits per heavy atom. The maximum Gasteiger partial charge on any atom is 0.303 e. The summed E-state index contributed by atoms with van der Waals surface area (Å²) < 4.78 is 45.7. The van der Waals surface area contributed by atoms with Gasteiger partial charge in [-0.3, -0.25) is 19.2 Å². The summed E-state index contributed by atoms with van der Waals surface area (Å²) in [4.78, 5) is 48.0. The van der Waals surface area contributed by atoms with Gasteiger partial charge in [-0.2, -0.15) is 0 Å². The van der Waals surface area contributed by atoms with Gasteiger partial charge in [0.15, 0.2) is 24.8 Å². The molecule has 1 amide bonds. The maximum atomic E-state index is 12.2. The number of aliphatic hydroxyl groups excluding tert-OH is 1. The number of carbonyl (C=O) groups excluding carboxylic acids is 4. The van der Waals surface area contributed by atoms with Gasteiger partial charge < -0.3 is 48.3 Å². The third-order valence-electron chi connectivity index (χ3n) is 6.63. The second-order valence-electron chi connectivity index (χ2n) is 10.0. The van der Waals surface area contributed by atoms with Crippen molar-refractivity contribution in [3.8, 4) is 0 Å². The van der Waals surface area contributed by atoms with E-state index in [9.17, 15) is 24.3 Å². The van der Waals surface area contributed by atoms with Gasteiger partial charge in [0, 0.05) is 34.8 Å². The van der Waals surface area contributed by atoms with E-state index in [1.807, 2.05) is 30.3 Å². The number of aliphatic hydroxyl groups is 1. The SMILES string of the molecule is COC1OC(C)C(OCc2ccccc2)C(O)C1OC1OC(COC(C)=O)C(OC(C)=O)C(OC(C)=O)C1NC(C)=O. The smallest absolute Gasteiger partial charge is 0.303 e. The van der Waals surface area contributed by atoms with Crippen LogP contribution >= 0.6 is 0 Å². The quantitative estimate of drug-likeness (QED) is 0.265. The topological polar surface area (TPSA) is 174 Å². The Morgan fingerprint density at radius 2 is 1.50 bits per heavy atom. The molecule has 10 atom stereocenters. The second-order valence-corrected chi connectivity index (χ2v) is 10.0. The molecule has 14 nitrogen and oxygen atoms in total. The minimum atomic E-state index is -1.44. The largest absolute Gasteiger partial charge is 0.463 e. The molecule has 14 heteroatoms. The van der Waals surface area contributed by atoms with Crippen molar-refractivity contribution < 1.29 is 62.2 Å². The average Bonchev–Trinajstić information content (AvgIpc) is 2.91. The van der Waals surface area contributed by atoms with Gasteiger partial charge in [-0.15, -0.1) is 0 Å². The van der Waals surface area contributed by atoms with Gasteiger partial charge in [0.05, 0.1) is 12.7 Å². The van der Waals surface area contributed by atoms with Crippen molar-refractivity contribution in [2.45, 2.75) is 103 Å². The molecule has 0 aromatic heterocycles. The minimum absolute atomic E-state index is 0.179. The van der Waals surface area contributed by atoms with Crippen LogP contribution in [0.1, 0.15) is 40.2 Å². The van der Waals surface area contributed by atoms with Crippen molar-refractivity contribution in [1.82, 2.24) is 5.32 Å². The number of esters is 3. The zero-order chi connectivity index (χ0) is 31.0. The van der Waals surface area contributed by atoms with Crippen molar-refractivity contribution in [3.05, 3.63) is 35.9 Å². The summed E-state index contributed by atoms with van der Waals surface area (Å²) in [6.45, 7) is 6.16. The Labute approximate surface area is 243 Å². The van der Waals surface area contributed by atoms with Crippen molar-refractivity contribution in [3.63, 3.8) is 0 Å². The molecule has 1 aromatic rings. The summed E-state index contributed by atoms with van der Waals surface area (Å²) in [5.41, 5.74) is 0.874. The molecule has 2 N–H and O–H groups in total. The summed E-state index contributed by atoms with van der Waals surface area (Å²) in [5, 5.41) is 14.0. The van der Waals surface area contributed by atoms with E-state index in [1.54, 1.807) is 6.92 Å². The summed E-state index contributed by atoms with van der Waals surface area (Å²) in [7, 11) is 1.36. The lowest BCUT2D eigenvalue weighted by Crippen LogP contribution is -2.68.